The average Bonchev–Trinajstić information content (AvgIpc) is 2.75. The van der Waals surface area contributed by atoms with Crippen molar-refractivity contribution in [3.8, 4) is 16.9 Å². The van der Waals surface area contributed by atoms with Gasteiger partial charge in [-0.1, -0.05) is 24.3 Å². The van der Waals surface area contributed by atoms with Crippen molar-refractivity contribution < 1.29 is 28.6 Å². The molecule has 0 bridgehead atoms. The Hall–Kier alpha value is -4.21. The molecule has 0 spiro atoms. The SMILES string of the molecule is Cc1cn(C)c(=O)c(NC(=O)N[C@@H](CC(=O)O)c2cccc(-c3c(F)cccc3F)c2)c1O. The Labute approximate surface area is 187 Å². The Morgan fingerprint density at radius 3 is 2.39 bits per heavy atom. The highest BCUT2D eigenvalue weighted by molar-refractivity contribution is 5.91. The van der Waals surface area contributed by atoms with Crippen LogP contribution in [0.5, 0.6) is 5.75 Å². The van der Waals surface area contributed by atoms with Crippen LogP contribution in [0, 0.1) is 18.6 Å². The molecule has 1 atom stereocenters. The summed E-state index contributed by atoms with van der Waals surface area (Å²) in [6.07, 6.45) is 0.843. The number of aromatic hydroxyl groups is 1. The van der Waals surface area contributed by atoms with Crippen LogP contribution in [0.25, 0.3) is 11.1 Å². The largest absolute Gasteiger partial charge is 0.505 e. The molecule has 33 heavy (non-hydrogen) atoms. The number of rotatable bonds is 6. The van der Waals surface area contributed by atoms with E-state index in [-0.39, 0.29) is 22.4 Å². The van der Waals surface area contributed by atoms with Crippen LogP contribution in [0.4, 0.5) is 19.3 Å². The van der Waals surface area contributed by atoms with E-state index in [0.717, 1.165) is 12.1 Å². The number of aromatic nitrogens is 1. The van der Waals surface area contributed by atoms with Crippen LogP contribution >= 0.6 is 0 Å². The lowest BCUT2D eigenvalue weighted by Crippen LogP contribution is -2.36. The summed E-state index contributed by atoms with van der Waals surface area (Å²) >= 11 is 0. The number of aliphatic carboxylic acids is 1. The van der Waals surface area contributed by atoms with E-state index in [9.17, 15) is 33.4 Å². The first kappa shape index (κ1) is 23.5. The molecule has 0 aliphatic heterocycles. The molecule has 1 heterocycles. The number of anilines is 1. The minimum Gasteiger partial charge on any atom is -0.505 e. The van der Waals surface area contributed by atoms with Gasteiger partial charge in [0.15, 0.2) is 5.69 Å². The molecule has 0 unspecified atom stereocenters. The average molecular weight is 457 g/mol. The van der Waals surface area contributed by atoms with Gasteiger partial charge in [0.1, 0.15) is 17.4 Å². The van der Waals surface area contributed by atoms with Gasteiger partial charge in [0, 0.05) is 18.8 Å². The molecule has 0 aliphatic rings. The summed E-state index contributed by atoms with van der Waals surface area (Å²) in [5, 5.41) is 24.1. The molecule has 2 aromatic carbocycles. The molecule has 3 aromatic rings. The summed E-state index contributed by atoms with van der Waals surface area (Å²) in [5.74, 6) is -3.24. The number of pyridine rings is 1. The second-order valence-corrected chi connectivity index (χ2v) is 7.42. The van der Waals surface area contributed by atoms with Gasteiger partial charge >= 0.3 is 12.0 Å². The van der Waals surface area contributed by atoms with Gasteiger partial charge in [-0.15, -0.1) is 0 Å². The molecular weight excluding hydrogens is 436 g/mol. The summed E-state index contributed by atoms with van der Waals surface area (Å²) in [6, 6.07) is 7.18. The van der Waals surface area contributed by atoms with E-state index in [1.807, 2.05) is 0 Å². The Kier molecular flexibility index (Phi) is 6.76. The van der Waals surface area contributed by atoms with E-state index in [4.69, 9.17) is 0 Å². The summed E-state index contributed by atoms with van der Waals surface area (Å²) in [4.78, 5) is 36.2. The number of nitrogens with zero attached hydrogens (tertiary/aromatic N) is 1. The lowest BCUT2D eigenvalue weighted by molar-refractivity contribution is -0.137. The zero-order chi connectivity index (χ0) is 24.3. The number of aryl methyl sites for hydroxylation is 2. The maximum Gasteiger partial charge on any atom is 0.319 e. The Morgan fingerprint density at radius 1 is 1.12 bits per heavy atom. The molecule has 2 amide bonds. The number of hydrogen-bond acceptors (Lipinski definition) is 4. The lowest BCUT2D eigenvalue weighted by atomic mass is 9.97. The topological polar surface area (TPSA) is 121 Å². The highest BCUT2D eigenvalue weighted by Crippen LogP contribution is 2.29. The van der Waals surface area contributed by atoms with Gasteiger partial charge in [-0.05, 0) is 36.2 Å². The monoisotopic (exact) mass is 457 g/mol. The molecule has 4 N–H and O–H groups in total. The maximum atomic E-state index is 14.2. The fraction of sp³-hybridized carbons (Fsp3) is 0.174. The smallest absolute Gasteiger partial charge is 0.319 e. The number of carbonyl (C=O) groups excluding carboxylic acids is 1. The fourth-order valence-corrected chi connectivity index (χ4v) is 3.42. The molecule has 8 nitrogen and oxygen atoms in total. The van der Waals surface area contributed by atoms with Crippen molar-refractivity contribution in [2.24, 2.45) is 7.05 Å². The second kappa shape index (κ2) is 9.51. The van der Waals surface area contributed by atoms with E-state index in [2.05, 4.69) is 10.6 Å². The van der Waals surface area contributed by atoms with Gasteiger partial charge in [0.2, 0.25) is 0 Å². The zero-order valence-electron chi connectivity index (χ0n) is 17.7. The van der Waals surface area contributed by atoms with Crippen LogP contribution in [0.3, 0.4) is 0 Å². The second-order valence-electron chi connectivity index (χ2n) is 7.42. The van der Waals surface area contributed by atoms with E-state index in [1.54, 1.807) is 6.92 Å². The van der Waals surface area contributed by atoms with Crippen LogP contribution in [-0.2, 0) is 11.8 Å². The van der Waals surface area contributed by atoms with Gasteiger partial charge in [-0.3, -0.25) is 9.59 Å². The van der Waals surface area contributed by atoms with Crippen LogP contribution in [0.2, 0.25) is 0 Å². The third-order valence-corrected chi connectivity index (χ3v) is 4.99. The zero-order valence-corrected chi connectivity index (χ0v) is 17.7. The quantitative estimate of drug-likeness (QED) is 0.450. The fourth-order valence-electron chi connectivity index (χ4n) is 3.42. The van der Waals surface area contributed by atoms with Crippen LogP contribution in [0.1, 0.15) is 23.6 Å². The standard InChI is InChI=1S/C23H21F2N3O5/c1-12-11-28(2)22(32)20(21(12)31)27-23(33)26-17(10-18(29)30)13-5-3-6-14(9-13)19-15(24)7-4-8-16(19)25/h3-9,11,17,31H,10H2,1-2H3,(H,29,30)(H2,26,27,33)/t17-/m0/s1. The molecule has 10 heteroatoms. The van der Waals surface area contributed by atoms with Crippen LogP contribution < -0.4 is 16.2 Å². The molecule has 172 valence electrons. The molecule has 0 radical (unpaired) electrons. The minimum atomic E-state index is -1.24. The number of amides is 2. The van der Waals surface area contributed by atoms with E-state index < -0.39 is 47.4 Å². The van der Waals surface area contributed by atoms with Gasteiger partial charge in [0.05, 0.1) is 18.0 Å². The molecule has 3 rings (SSSR count). The highest BCUT2D eigenvalue weighted by Gasteiger charge is 2.22. The van der Waals surface area contributed by atoms with Gasteiger partial charge in [-0.2, -0.15) is 0 Å². The van der Waals surface area contributed by atoms with E-state index >= 15 is 0 Å². The van der Waals surface area contributed by atoms with Crippen molar-refractivity contribution in [1.82, 2.24) is 9.88 Å². The first-order valence-electron chi connectivity index (χ1n) is 9.81. The van der Waals surface area contributed by atoms with Crippen molar-refractivity contribution >= 4 is 17.7 Å². The molecule has 0 saturated carbocycles. The number of carboxylic acids is 1. The Morgan fingerprint density at radius 2 is 1.76 bits per heavy atom. The minimum absolute atomic E-state index is 0.158. The van der Waals surface area contributed by atoms with Gasteiger partial charge in [-0.25, -0.2) is 13.6 Å². The summed E-state index contributed by atoms with van der Waals surface area (Å²) in [6.45, 7) is 1.54. The van der Waals surface area contributed by atoms with Crippen molar-refractivity contribution in [2.75, 3.05) is 5.32 Å². The van der Waals surface area contributed by atoms with Crippen LogP contribution in [0.15, 0.2) is 53.5 Å². The van der Waals surface area contributed by atoms with Crippen LogP contribution in [-0.4, -0.2) is 26.8 Å². The van der Waals surface area contributed by atoms with Gasteiger partial charge < -0.3 is 25.4 Å². The number of carbonyl (C=O) groups is 2. The number of nitrogens with one attached hydrogen (secondary N) is 2. The van der Waals surface area contributed by atoms with Gasteiger partial charge in [0.25, 0.3) is 5.56 Å². The molecule has 0 fully saturated rings. The first-order chi connectivity index (χ1) is 15.6. The van der Waals surface area contributed by atoms with E-state index in [0.29, 0.717) is 5.56 Å². The first-order valence-corrected chi connectivity index (χ1v) is 9.81. The van der Waals surface area contributed by atoms with Crippen molar-refractivity contribution in [3.63, 3.8) is 0 Å². The number of hydrogen-bond donors (Lipinski definition) is 4. The maximum absolute atomic E-state index is 14.2. The molecular formula is C23H21F2N3O5. The molecule has 0 aliphatic carbocycles. The predicted molar refractivity (Wildman–Crippen MR) is 117 cm³/mol. The Bertz CT molecular complexity index is 1270. The number of halogens is 2. The summed E-state index contributed by atoms with van der Waals surface area (Å²) in [5.41, 5.74) is -0.550. The summed E-state index contributed by atoms with van der Waals surface area (Å²) in [7, 11) is 1.44. The third kappa shape index (κ3) is 5.17. The highest BCUT2D eigenvalue weighted by atomic mass is 19.1. The third-order valence-electron chi connectivity index (χ3n) is 4.99. The lowest BCUT2D eigenvalue weighted by Gasteiger charge is -2.19. The normalized spacial score (nSPS) is 11.6. The van der Waals surface area contributed by atoms with Crippen molar-refractivity contribution in [2.45, 2.75) is 19.4 Å². The molecule has 1 aromatic heterocycles. The van der Waals surface area contributed by atoms with Crippen molar-refractivity contribution in [1.29, 1.82) is 0 Å². The van der Waals surface area contributed by atoms with E-state index in [1.165, 1.54) is 48.1 Å². The Balaban J connectivity index is 1.92. The summed E-state index contributed by atoms with van der Waals surface area (Å²) < 4.78 is 29.6. The number of benzene rings is 2. The number of carboxylic acid groups (broad SMARTS) is 1. The number of urea groups is 1. The predicted octanol–water partition coefficient (Wildman–Crippen LogP) is 3.68. The van der Waals surface area contributed by atoms with Crippen molar-refractivity contribution in [3.05, 3.63) is 81.8 Å². The molecule has 0 saturated heterocycles.